The van der Waals surface area contributed by atoms with Crippen molar-refractivity contribution in [3.05, 3.63) is 48.4 Å². The van der Waals surface area contributed by atoms with E-state index >= 15 is 0 Å². The van der Waals surface area contributed by atoms with Gasteiger partial charge in [0, 0.05) is 18.4 Å². The van der Waals surface area contributed by atoms with Crippen LogP contribution in [-0.4, -0.2) is 47.7 Å². The molecule has 0 spiro atoms. The summed E-state index contributed by atoms with van der Waals surface area (Å²) in [7, 11) is 0. The molecule has 2 amide bonds. The number of hydrogen-bond acceptors (Lipinski definition) is 7. The monoisotopic (exact) mass is 418 g/mol. The number of amides is 2. The van der Waals surface area contributed by atoms with Gasteiger partial charge in [0.1, 0.15) is 22.9 Å². The largest absolute Gasteiger partial charge is 0.494 e. The van der Waals surface area contributed by atoms with Crippen LogP contribution < -0.4 is 10.1 Å². The van der Waals surface area contributed by atoms with Gasteiger partial charge in [-0.05, 0) is 43.3 Å². The highest BCUT2D eigenvalue weighted by atomic mass is 32.2. The van der Waals surface area contributed by atoms with Gasteiger partial charge in [0.05, 0.1) is 12.9 Å². The van der Waals surface area contributed by atoms with Crippen molar-refractivity contribution in [3.8, 4) is 5.75 Å². The lowest BCUT2D eigenvalue weighted by Gasteiger charge is -2.25. The fourth-order valence-corrected chi connectivity index (χ4v) is 4.37. The normalized spacial score (nSPS) is 18.3. The van der Waals surface area contributed by atoms with E-state index in [-0.39, 0.29) is 5.91 Å². The Morgan fingerprint density at radius 1 is 1.24 bits per heavy atom. The summed E-state index contributed by atoms with van der Waals surface area (Å²) in [6.45, 7) is 3.39. The number of carbonyl (C=O) groups excluding carboxylic acids is 3. The van der Waals surface area contributed by atoms with Crippen molar-refractivity contribution in [2.45, 2.75) is 25.3 Å². The van der Waals surface area contributed by atoms with Gasteiger partial charge in [-0.25, -0.2) is 4.79 Å². The first-order valence-electron chi connectivity index (χ1n) is 9.13. The molecule has 9 heteroatoms. The predicted octanol–water partition coefficient (Wildman–Crippen LogP) is 2.82. The van der Waals surface area contributed by atoms with Crippen LogP contribution in [0.5, 0.6) is 5.75 Å². The number of nitrogens with one attached hydrogen (secondary N) is 1. The number of esters is 1. The molecule has 2 heterocycles. The number of ether oxygens (including phenoxy) is 2. The van der Waals surface area contributed by atoms with Gasteiger partial charge in [-0.15, -0.1) is 11.8 Å². The molecule has 0 bridgehead atoms. The lowest BCUT2D eigenvalue weighted by Crippen LogP contribution is -2.43. The maximum atomic E-state index is 12.5. The van der Waals surface area contributed by atoms with Gasteiger partial charge in [-0.3, -0.25) is 9.59 Å². The number of thioether (sulfide) groups is 1. The Morgan fingerprint density at radius 2 is 2.00 bits per heavy atom. The minimum Gasteiger partial charge on any atom is -0.494 e. The molecule has 1 saturated heterocycles. The SMILES string of the molecule is CCOc1ccc(NC(=O)COC(=O)[C@@H]2CS[C@H](c3ccco3)N2C(C)=O)cc1. The van der Waals surface area contributed by atoms with Crippen LogP contribution in [0.25, 0.3) is 0 Å². The fraction of sp³-hybridized carbons (Fsp3) is 0.350. The highest BCUT2D eigenvalue weighted by Gasteiger charge is 2.43. The lowest BCUT2D eigenvalue weighted by molar-refractivity contribution is -0.155. The summed E-state index contributed by atoms with van der Waals surface area (Å²) < 4.78 is 15.9. The van der Waals surface area contributed by atoms with Crippen molar-refractivity contribution in [2.75, 3.05) is 24.3 Å². The van der Waals surface area contributed by atoms with Gasteiger partial charge in [-0.2, -0.15) is 0 Å². The van der Waals surface area contributed by atoms with E-state index in [4.69, 9.17) is 13.9 Å². The standard InChI is InChI=1S/C20H22N2O6S/c1-3-26-15-8-6-14(7-9-15)21-18(24)11-28-20(25)16-12-29-19(22(16)13(2)23)17-5-4-10-27-17/h4-10,16,19H,3,11-12H2,1-2H3,(H,21,24)/t16-,19+/m0/s1. The molecule has 1 aromatic carbocycles. The van der Waals surface area contributed by atoms with E-state index in [0.29, 0.717) is 29.6 Å². The Balaban J connectivity index is 1.54. The van der Waals surface area contributed by atoms with Gasteiger partial charge in [-0.1, -0.05) is 0 Å². The van der Waals surface area contributed by atoms with Crippen molar-refractivity contribution in [1.29, 1.82) is 0 Å². The Kier molecular flexibility index (Phi) is 6.82. The first kappa shape index (κ1) is 20.8. The Bertz CT molecular complexity index is 852. The van der Waals surface area contributed by atoms with E-state index in [9.17, 15) is 14.4 Å². The number of rotatable bonds is 7. The van der Waals surface area contributed by atoms with Gasteiger partial charge in [0.15, 0.2) is 6.61 Å². The molecule has 2 atom stereocenters. The molecule has 3 rings (SSSR count). The van der Waals surface area contributed by atoms with Crippen molar-refractivity contribution >= 4 is 35.2 Å². The van der Waals surface area contributed by atoms with Gasteiger partial charge >= 0.3 is 5.97 Å². The summed E-state index contributed by atoms with van der Waals surface area (Å²) in [6, 6.07) is 9.58. The number of hydrogen-bond donors (Lipinski definition) is 1. The number of carbonyl (C=O) groups is 3. The van der Waals surface area contributed by atoms with Crippen LogP contribution in [0.2, 0.25) is 0 Å². The van der Waals surface area contributed by atoms with Crippen molar-refractivity contribution in [3.63, 3.8) is 0 Å². The second-order valence-corrected chi connectivity index (χ2v) is 7.37. The molecule has 0 saturated carbocycles. The maximum Gasteiger partial charge on any atom is 0.330 e. The average Bonchev–Trinajstić information content (AvgIpc) is 3.37. The van der Waals surface area contributed by atoms with Gasteiger partial charge < -0.3 is 24.1 Å². The van der Waals surface area contributed by atoms with E-state index in [1.54, 1.807) is 36.4 Å². The van der Waals surface area contributed by atoms with Crippen molar-refractivity contribution in [1.82, 2.24) is 4.90 Å². The topological polar surface area (TPSA) is 98.1 Å². The third kappa shape index (κ3) is 5.11. The highest BCUT2D eigenvalue weighted by Crippen LogP contribution is 2.41. The third-order valence-electron chi connectivity index (χ3n) is 4.22. The summed E-state index contributed by atoms with van der Waals surface area (Å²) >= 11 is 1.41. The molecule has 0 aliphatic carbocycles. The van der Waals surface area contributed by atoms with E-state index in [0.717, 1.165) is 0 Å². The summed E-state index contributed by atoms with van der Waals surface area (Å²) in [5, 5.41) is 2.26. The van der Waals surface area contributed by atoms with Crippen LogP contribution in [0.4, 0.5) is 5.69 Å². The lowest BCUT2D eigenvalue weighted by atomic mass is 10.2. The molecule has 154 valence electrons. The molecule has 0 radical (unpaired) electrons. The van der Waals surface area contributed by atoms with E-state index in [2.05, 4.69) is 5.32 Å². The van der Waals surface area contributed by atoms with Crippen LogP contribution in [0.1, 0.15) is 25.0 Å². The smallest absolute Gasteiger partial charge is 0.330 e. The van der Waals surface area contributed by atoms with Gasteiger partial charge in [0.25, 0.3) is 5.91 Å². The molecule has 0 unspecified atom stereocenters. The first-order chi connectivity index (χ1) is 14.0. The molecule has 1 aliphatic heterocycles. The third-order valence-corrected chi connectivity index (χ3v) is 5.50. The minimum atomic E-state index is -0.772. The number of benzene rings is 1. The van der Waals surface area contributed by atoms with Crippen molar-refractivity contribution in [2.24, 2.45) is 0 Å². The van der Waals surface area contributed by atoms with Crippen LogP contribution >= 0.6 is 11.8 Å². The van der Waals surface area contributed by atoms with E-state index in [1.807, 2.05) is 6.92 Å². The van der Waals surface area contributed by atoms with Crippen LogP contribution in [-0.2, 0) is 19.1 Å². The second-order valence-electron chi connectivity index (χ2n) is 6.26. The zero-order valence-corrected chi connectivity index (χ0v) is 16.9. The zero-order chi connectivity index (χ0) is 20.8. The van der Waals surface area contributed by atoms with Crippen LogP contribution in [0.15, 0.2) is 47.1 Å². The summed E-state index contributed by atoms with van der Waals surface area (Å²) in [4.78, 5) is 38.1. The number of nitrogens with zero attached hydrogens (tertiary/aromatic N) is 1. The Morgan fingerprint density at radius 3 is 2.62 bits per heavy atom. The zero-order valence-electron chi connectivity index (χ0n) is 16.1. The van der Waals surface area contributed by atoms with Crippen molar-refractivity contribution < 1.29 is 28.3 Å². The quantitative estimate of drug-likeness (QED) is 0.691. The maximum absolute atomic E-state index is 12.5. The van der Waals surface area contributed by atoms with E-state index < -0.39 is 29.9 Å². The molecular weight excluding hydrogens is 396 g/mol. The number of furan rings is 1. The minimum absolute atomic E-state index is 0.266. The molecule has 8 nitrogen and oxygen atoms in total. The first-order valence-corrected chi connectivity index (χ1v) is 10.2. The summed E-state index contributed by atoms with van der Waals surface area (Å²) in [6.07, 6.45) is 1.52. The second kappa shape index (κ2) is 9.51. The van der Waals surface area contributed by atoms with E-state index in [1.165, 1.54) is 29.8 Å². The molecule has 2 aromatic rings. The average molecular weight is 418 g/mol. The molecule has 1 aromatic heterocycles. The molecule has 1 aliphatic rings. The Hall–Kier alpha value is -2.94. The molecule has 1 N–H and O–H groups in total. The fourth-order valence-electron chi connectivity index (χ4n) is 2.95. The van der Waals surface area contributed by atoms with Gasteiger partial charge in [0.2, 0.25) is 5.91 Å². The molecule has 1 fully saturated rings. The Labute approximate surface area is 172 Å². The van der Waals surface area contributed by atoms with Crippen LogP contribution in [0, 0.1) is 0 Å². The summed E-state index contributed by atoms with van der Waals surface area (Å²) in [5.41, 5.74) is 0.564. The number of anilines is 1. The molecule has 29 heavy (non-hydrogen) atoms. The van der Waals surface area contributed by atoms with Crippen LogP contribution in [0.3, 0.4) is 0 Å². The summed E-state index contributed by atoms with van der Waals surface area (Å²) in [5.74, 6) is 0.301. The highest BCUT2D eigenvalue weighted by molar-refractivity contribution is 7.99. The molecular formula is C20H22N2O6S. The predicted molar refractivity (Wildman–Crippen MR) is 107 cm³/mol.